The fourth-order valence-electron chi connectivity index (χ4n) is 12.1. The molecule has 0 aliphatic heterocycles. The number of ether oxygens (including phenoxy) is 2. The van der Waals surface area contributed by atoms with Crippen LogP contribution in [-0.4, -0.2) is 112 Å². The second-order valence-corrected chi connectivity index (χ2v) is 42.8. The minimum atomic E-state index is 0.0886. The van der Waals surface area contributed by atoms with Crippen LogP contribution in [0.3, 0.4) is 0 Å². The smallest absolute Gasteiger partial charge is 0.236 e. The first-order valence-electron chi connectivity index (χ1n) is 42.0. The highest BCUT2D eigenvalue weighted by Crippen LogP contribution is 2.41. The minimum Gasteiger partial charge on any atom is -0.480 e. The molecule has 0 unspecified atom stereocenters. The Balaban J connectivity index is 0.000000274. The predicted molar refractivity (Wildman–Crippen MR) is 488 cm³/mol. The van der Waals surface area contributed by atoms with Gasteiger partial charge in [-0.25, -0.2) is 0 Å². The van der Waals surface area contributed by atoms with Crippen LogP contribution < -0.4 is 9.47 Å². The third-order valence-electron chi connectivity index (χ3n) is 19.8. The SMILES string of the molecule is CC(C)(C)c1cn(C2CC2)nc1Cl.CCc1nn(C)cc1C(C)(C)C.CCn1cc(C(C)(C)C)cn1.COc1nn(C)cc1C(C)(C)C.COc1nn(C2CC2)cc1C(C)(C)C.Cc1nn(C)cc1C(C)(C)C.Cc1nn(C2CC2)cc1C(C)(C)C.Cn1cc(C(C)(C)C)c(Cl)n1.Cn1cc(C(C)(C)C)cn1.Cn1ccc(C(C)(C)C)n1. The summed E-state index contributed by atoms with van der Waals surface area (Å²) >= 11 is 12.0. The first-order chi connectivity index (χ1) is 53.2. The molecular formula is C93H158Cl2N20O2. The van der Waals surface area contributed by atoms with E-state index in [2.05, 4.69) is 345 Å². The lowest BCUT2D eigenvalue weighted by Crippen LogP contribution is -2.12. The summed E-state index contributed by atoms with van der Waals surface area (Å²) in [5.41, 5.74) is 17.7. The summed E-state index contributed by atoms with van der Waals surface area (Å²) in [6.45, 7) is 74.9. The highest BCUT2D eigenvalue weighted by molar-refractivity contribution is 6.30. The number of methoxy groups -OCH3 is 2. The summed E-state index contributed by atoms with van der Waals surface area (Å²) in [4.78, 5) is 0. The van der Waals surface area contributed by atoms with E-state index < -0.39 is 0 Å². The molecule has 3 saturated carbocycles. The maximum atomic E-state index is 6.07. The largest absolute Gasteiger partial charge is 0.480 e. The zero-order chi connectivity index (χ0) is 89.7. The quantitative estimate of drug-likeness (QED) is 0.147. The van der Waals surface area contributed by atoms with Crippen molar-refractivity contribution in [3.8, 4) is 11.8 Å². The Morgan fingerprint density at radius 3 is 0.949 bits per heavy atom. The Kier molecular flexibility index (Phi) is 35.2. The van der Waals surface area contributed by atoms with Gasteiger partial charge in [0, 0.05) is 138 Å². The maximum Gasteiger partial charge on any atom is 0.236 e. The molecular weight excluding hydrogens is 1500 g/mol. The van der Waals surface area contributed by atoms with E-state index in [0.717, 1.165) is 52.8 Å². The molecule has 0 spiro atoms. The molecule has 0 amide bonds. The zero-order valence-corrected chi connectivity index (χ0v) is 82.4. The number of nitrogens with zero attached hydrogens (tertiary/aromatic N) is 20. The van der Waals surface area contributed by atoms with Gasteiger partial charge < -0.3 is 9.47 Å². The van der Waals surface area contributed by atoms with Gasteiger partial charge in [0.15, 0.2) is 10.3 Å². The molecule has 0 saturated heterocycles. The van der Waals surface area contributed by atoms with E-state index in [9.17, 15) is 0 Å². The molecule has 656 valence electrons. The molecule has 0 aromatic carbocycles. The number of rotatable bonds is 7. The summed E-state index contributed by atoms with van der Waals surface area (Å²) in [6, 6.07) is 4.00. The van der Waals surface area contributed by atoms with Crippen molar-refractivity contribution in [3.63, 3.8) is 0 Å². The summed E-state index contributed by atoms with van der Waals surface area (Å²) in [5.74, 6) is 1.51. The molecule has 3 aliphatic rings. The van der Waals surface area contributed by atoms with Crippen molar-refractivity contribution in [3.05, 3.63) is 164 Å². The normalized spacial score (nSPS) is 13.9. The predicted octanol–water partition coefficient (Wildman–Crippen LogP) is 22.6. The Morgan fingerprint density at radius 2 is 0.675 bits per heavy atom. The molecule has 0 bridgehead atoms. The van der Waals surface area contributed by atoms with E-state index >= 15 is 0 Å². The second kappa shape index (κ2) is 40.6. The molecule has 10 aromatic rings. The van der Waals surface area contributed by atoms with E-state index in [1.165, 1.54) is 83.3 Å². The summed E-state index contributed by atoms with van der Waals surface area (Å²) in [5, 5.41) is 44.2. The third kappa shape index (κ3) is 33.1. The van der Waals surface area contributed by atoms with E-state index in [1.807, 2.05) is 101 Å². The molecule has 0 N–H and O–H groups in total. The van der Waals surface area contributed by atoms with E-state index in [0.29, 0.717) is 28.4 Å². The molecule has 22 nitrogen and oxygen atoms in total. The molecule has 117 heavy (non-hydrogen) atoms. The van der Waals surface area contributed by atoms with Gasteiger partial charge in [0.1, 0.15) is 0 Å². The van der Waals surface area contributed by atoms with Crippen LogP contribution in [0.25, 0.3) is 0 Å². The van der Waals surface area contributed by atoms with Crippen LogP contribution >= 0.6 is 23.2 Å². The standard InChI is InChI=1S/C11H18N2O.C11H18N2.C10H15ClN2.C10H18N2.C9H16N2O.2C9H16N2.C8H13ClN2.2C8H14N2/c1-11(2,3)9-7-13(8-5-6-8)12-10(9)14-4;1-8-10(11(2,3)4)7-13(12-8)9-5-6-9;1-10(2,3)8-6-13(7-4-5-7)12-9(8)11;1-6-9-8(10(2,3)4)7-12(5)11-9;1-9(2,3)7-6-11(4)10-8(7)12-5;1-7-8(9(2,3)4)6-11(5)10-7;1-5-11-7-8(6-10-11)9(2,3)4;1-8(2,3)6-5-11(4)10-7(6)9;1-8(2,3)7-5-9-10(4)6-7;1-8(2,3)7-5-6-10(4)9-7/h7-8H,5-6H2,1-4H3;7,9H,5-6H2,1-4H3;6-7H,4-5H2,1-3H3;7H,6H2,1-5H3;6H,1-5H3;6H,1-5H3;6-7H,5H2,1-4H3;5H,1-4H3;2*5-6H,1-4H3. The van der Waals surface area contributed by atoms with Crippen LogP contribution in [-0.2, 0) is 109 Å². The fourth-order valence-corrected chi connectivity index (χ4v) is 13.0. The van der Waals surface area contributed by atoms with Crippen molar-refractivity contribution >= 4 is 23.2 Å². The van der Waals surface area contributed by atoms with Gasteiger partial charge in [-0.2, -0.15) is 40.8 Å². The molecule has 24 heteroatoms. The van der Waals surface area contributed by atoms with Gasteiger partial charge in [-0.15, -0.1) is 10.2 Å². The van der Waals surface area contributed by atoms with Crippen LogP contribution in [0.5, 0.6) is 11.8 Å². The third-order valence-corrected chi connectivity index (χ3v) is 20.4. The Bertz CT molecular complexity index is 4380. The van der Waals surface area contributed by atoms with Gasteiger partial charge in [0.05, 0.1) is 67.5 Å². The first-order valence-corrected chi connectivity index (χ1v) is 42.8. The lowest BCUT2D eigenvalue weighted by Gasteiger charge is -2.17. The summed E-state index contributed by atoms with van der Waals surface area (Å²) in [7, 11) is 14.9. The van der Waals surface area contributed by atoms with Crippen LogP contribution in [0.1, 0.15) is 351 Å². The average molecular weight is 1660 g/mol. The van der Waals surface area contributed by atoms with Gasteiger partial charge in [-0.3, -0.25) is 46.8 Å². The van der Waals surface area contributed by atoms with Gasteiger partial charge in [0.2, 0.25) is 11.8 Å². The van der Waals surface area contributed by atoms with Gasteiger partial charge >= 0.3 is 0 Å². The fraction of sp³-hybridized carbons (Fsp3) is 0.677. The van der Waals surface area contributed by atoms with Crippen molar-refractivity contribution < 1.29 is 9.47 Å². The summed E-state index contributed by atoms with van der Waals surface area (Å²) in [6.07, 6.45) is 33.3. The van der Waals surface area contributed by atoms with Crippen molar-refractivity contribution in [2.45, 2.75) is 359 Å². The molecule has 13 rings (SSSR count). The number of aromatic nitrogens is 20. The monoisotopic (exact) mass is 1660 g/mol. The minimum absolute atomic E-state index is 0.0886. The highest BCUT2D eigenvalue weighted by Gasteiger charge is 2.33. The number of hydrogen-bond acceptors (Lipinski definition) is 12. The Labute approximate surface area is 717 Å². The lowest BCUT2D eigenvalue weighted by atomic mass is 9.87. The van der Waals surface area contributed by atoms with Crippen molar-refractivity contribution in [1.82, 2.24) is 97.8 Å². The molecule has 3 aliphatic carbocycles. The Hall–Kier alpha value is -7.72. The van der Waals surface area contributed by atoms with E-state index in [-0.39, 0.29) is 54.1 Å². The first kappa shape index (κ1) is 102. The lowest BCUT2D eigenvalue weighted by molar-refractivity contribution is 0.376. The van der Waals surface area contributed by atoms with Crippen molar-refractivity contribution in [2.75, 3.05) is 14.2 Å². The topological polar surface area (TPSA) is 197 Å². The molecule has 10 aromatic heterocycles. The van der Waals surface area contributed by atoms with Gasteiger partial charge in [-0.05, 0) is 148 Å². The van der Waals surface area contributed by atoms with Crippen LogP contribution in [0, 0.1) is 13.8 Å². The van der Waals surface area contributed by atoms with Crippen LogP contribution in [0.4, 0.5) is 0 Å². The molecule has 10 heterocycles. The molecule has 0 atom stereocenters. The van der Waals surface area contributed by atoms with Crippen molar-refractivity contribution in [1.29, 1.82) is 0 Å². The maximum absolute atomic E-state index is 6.07. The number of hydrogen-bond donors (Lipinski definition) is 0. The van der Waals surface area contributed by atoms with Crippen LogP contribution in [0.15, 0.2) is 80.4 Å². The zero-order valence-electron chi connectivity index (χ0n) is 80.9. The second-order valence-electron chi connectivity index (χ2n) is 42.1. The summed E-state index contributed by atoms with van der Waals surface area (Å²) < 4.78 is 29.6. The van der Waals surface area contributed by atoms with E-state index in [4.69, 9.17) is 32.7 Å². The number of aryl methyl sites for hydroxylation is 10. The van der Waals surface area contributed by atoms with E-state index in [1.54, 1.807) is 23.6 Å². The van der Waals surface area contributed by atoms with Crippen LogP contribution in [0.2, 0.25) is 10.3 Å². The average Bonchev–Trinajstić information content (AvgIpc) is 1.67. The molecule has 0 radical (unpaired) electrons. The highest BCUT2D eigenvalue weighted by atomic mass is 35.5. The number of halogens is 2. The Morgan fingerprint density at radius 1 is 0.333 bits per heavy atom. The van der Waals surface area contributed by atoms with Crippen molar-refractivity contribution in [2.24, 2.45) is 42.3 Å². The van der Waals surface area contributed by atoms with Gasteiger partial charge in [0.25, 0.3) is 0 Å². The van der Waals surface area contributed by atoms with Gasteiger partial charge in [-0.1, -0.05) is 238 Å². The molecule has 3 fully saturated rings.